The van der Waals surface area contributed by atoms with Gasteiger partial charge in [-0.15, -0.1) is 0 Å². The number of fused-ring (bicyclic) bond motifs is 1. The van der Waals surface area contributed by atoms with E-state index in [0.717, 1.165) is 29.7 Å². The van der Waals surface area contributed by atoms with Gasteiger partial charge in [0.15, 0.2) is 5.82 Å². The van der Waals surface area contributed by atoms with Gasteiger partial charge in [-0.25, -0.2) is 14.4 Å². The minimum absolute atomic E-state index is 0.0189. The zero-order valence-corrected chi connectivity index (χ0v) is 17.2. The van der Waals surface area contributed by atoms with E-state index in [9.17, 15) is 14.0 Å². The maximum Gasteiger partial charge on any atom is 0.249 e. The Labute approximate surface area is 174 Å². The molecule has 1 aromatic heterocycles. The number of methoxy groups -OCH3 is 1. The van der Waals surface area contributed by atoms with Crippen LogP contribution in [0.1, 0.15) is 47.9 Å². The molecule has 0 radical (unpaired) electrons. The highest BCUT2D eigenvalue weighted by Crippen LogP contribution is 2.35. The maximum atomic E-state index is 13.3. The molecule has 30 heavy (non-hydrogen) atoms. The van der Waals surface area contributed by atoms with Crippen molar-refractivity contribution >= 4 is 17.6 Å². The molecule has 3 heterocycles. The molecular weight excluding hydrogens is 387 g/mol. The number of halogens is 1. The second-order valence-corrected chi connectivity index (χ2v) is 7.75. The van der Waals surface area contributed by atoms with Crippen molar-refractivity contribution in [3.05, 3.63) is 52.7 Å². The molecule has 0 spiro atoms. The number of aryl methyl sites for hydroxylation is 1. The number of hydrogen-bond donors (Lipinski definition) is 0. The number of ether oxygens (including phenoxy) is 1. The molecule has 1 atom stereocenters. The van der Waals surface area contributed by atoms with Crippen LogP contribution in [-0.4, -0.2) is 46.9 Å². The molecule has 2 aromatic rings. The van der Waals surface area contributed by atoms with Gasteiger partial charge in [-0.05, 0) is 43.9 Å². The first kappa shape index (κ1) is 20.4. The summed E-state index contributed by atoms with van der Waals surface area (Å²) in [7, 11) is 1.50. The summed E-state index contributed by atoms with van der Waals surface area (Å²) in [5.41, 5.74) is 2.61. The summed E-state index contributed by atoms with van der Waals surface area (Å²) in [6, 6.07) is 5.90. The molecule has 7 nitrogen and oxygen atoms in total. The molecule has 4 rings (SSSR count). The molecule has 1 aromatic carbocycles. The summed E-state index contributed by atoms with van der Waals surface area (Å²) >= 11 is 0. The summed E-state index contributed by atoms with van der Waals surface area (Å²) in [4.78, 5) is 38.1. The standard InChI is InChI=1S/C22H25FN4O3/c1-14-17-9-10-19(28)27(12-15-5-7-16(23)8-6-15)22(17)25-21(24-14)18-4-3-11-26(18)20(29)13-30-2/h5-8,18H,3-4,9-13H2,1-2H3/t18-/m1/s1. The van der Waals surface area contributed by atoms with Crippen LogP contribution in [0, 0.1) is 12.7 Å². The zero-order valence-electron chi connectivity index (χ0n) is 17.2. The molecule has 0 unspecified atom stereocenters. The van der Waals surface area contributed by atoms with Crippen LogP contribution in [0.2, 0.25) is 0 Å². The monoisotopic (exact) mass is 412 g/mol. The van der Waals surface area contributed by atoms with Crippen molar-refractivity contribution in [2.24, 2.45) is 0 Å². The second kappa shape index (κ2) is 8.47. The van der Waals surface area contributed by atoms with Crippen LogP contribution in [0.15, 0.2) is 24.3 Å². The van der Waals surface area contributed by atoms with E-state index in [4.69, 9.17) is 14.7 Å². The topological polar surface area (TPSA) is 75.6 Å². The number of nitrogens with zero attached hydrogens (tertiary/aromatic N) is 4. The number of benzene rings is 1. The number of rotatable bonds is 5. The Morgan fingerprint density at radius 1 is 1.23 bits per heavy atom. The van der Waals surface area contributed by atoms with Crippen LogP contribution in [0.25, 0.3) is 0 Å². The molecule has 158 valence electrons. The van der Waals surface area contributed by atoms with Crippen molar-refractivity contribution in [2.75, 3.05) is 25.2 Å². The fraction of sp³-hybridized carbons (Fsp3) is 0.455. The second-order valence-electron chi connectivity index (χ2n) is 7.75. The number of aromatic nitrogens is 2. The van der Waals surface area contributed by atoms with E-state index in [0.29, 0.717) is 37.6 Å². The lowest BCUT2D eigenvalue weighted by atomic mass is 10.0. The molecule has 0 bridgehead atoms. The van der Waals surface area contributed by atoms with E-state index in [2.05, 4.69) is 0 Å². The molecule has 2 aliphatic heterocycles. The van der Waals surface area contributed by atoms with Gasteiger partial charge >= 0.3 is 0 Å². The van der Waals surface area contributed by atoms with Crippen LogP contribution < -0.4 is 4.90 Å². The Balaban J connectivity index is 1.69. The van der Waals surface area contributed by atoms with Gasteiger partial charge in [0.25, 0.3) is 0 Å². The highest BCUT2D eigenvalue weighted by atomic mass is 19.1. The molecule has 1 fully saturated rings. The molecule has 0 N–H and O–H groups in total. The summed E-state index contributed by atoms with van der Waals surface area (Å²) < 4.78 is 18.3. The van der Waals surface area contributed by atoms with Crippen LogP contribution >= 0.6 is 0 Å². The van der Waals surface area contributed by atoms with Gasteiger partial charge in [0.2, 0.25) is 11.8 Å². The van der Waals surface area contributed by atoms with Crippen LogP contribution in [0.3, 0.4) is 0 Å². The molecule has 0 aliphatic carbocycles. The fourth-order valence-electron chi connectivity index (χ4n) is 4.23. The lowest BCUT2D eigenvalue weighted by molar-refractivity contribution is -0.136. The van der Waals surface area contributed by atoms with Crippen molar-refractivity contribution in [3.63, 3.8) is 0 Å². The predicted octanol–water partition coefficient (Wildman–Crippen LogP) is 2.71. The third-order valence-electron chi connectivity index (χ3n) is 5.75. The molecular formula is C22H25FN4O3. The van der Waals surface area contributed by atoms with Gasteiger partial charge in [-0.3, -0.25) is 14.5 Å². The first-order valence-electron chi connectivity index (χ1n) is 10.2. The fourth-order valence-corrected chi connectivity index (χ4v) is 4.23. The number of likely N-dealkylation sites (tertiary alicyclic amines) is 1. The molecule has 2 aliphatic rings. The Bertz CT molecular complexity index is 964. The summed E-state index contributed by atoms with van der Waals surface area (Å²) in [6.45, 7) is 2.91. The number of hydrogen-bond acceptors (Lipinski definition) is 5. The quantitative estimate of drug-likeness (QED) is 0.755. The Hall–Kier alpha value is -2.87. The van der Waals surface area contributed by atoms with Crippen LogP contribution in [-0.2, 0) is 27.3 Å². The third-order valence-corrected chi connectivity index (χ3v) is 5.75. The lowest BCUT2D eigenvalue weighted by Gasteiger charge is -2.31. The first-order valence-corrected chi connectivity index (χ1v) is 10.2. The number of amides is 2. The van der Waals surface area contributed by atoms with E-state index in [1.54, 1.807) is 21.9 Å². The van der Waals surface area contributed by atoms with Crippen LogP contribution in [0.5, 0.6) is 0 Å². The number of carbonyl (C=O) groups excluding carboxylic acids is 2. The minimum Gasteiger partial charge on any atom is -0.375 e. The summed E-state index contributed by atoms with van der Waals surface area (Å²) in [5.74, 6) is 0.746. The van der Waals surface area contributed by atoms with Gasteiger partial charge in [0.05, 0.1) is 12.6 Å². The van der Waals surface area contributed by atoms with E-state index in [1.165, 1.54) is 19.2 Å². The largest absolute Gasteiger partial charge is 0.375 e. The molecule has 0 saturated carbocycles. The van der Waals surface area contributed by atoms with Gasteiger partial charge in [-0.1, -0.05) is 12.1 Å². The van der Waals surface area contributed by atoms with E-state index < -0.39 is 0 Å². The average molecular weight is 412 g/mol. The normalized spacial score (nSPS) is 18.6. The lowest BCUT2D eigenvalue weighted by Crippen LogP contribution is -2.38. The van der Waals surface area contributed by atoms with Crippen molar-refractivity contribution in [3.8, 4) is 0 Å². The van der Waals surface area contributed by atoms with Gasteiger partial charge in [-0.2, -0.15) is 0 Å². The van der Waals surface area contributed by atoms with Crippen molar-refractivity contribution < 1.29 is 18.7 Å². The molecule has 2 amide bonds. The van der Waals surface area contributed by atoms with Gasteiger partial charge in [0, 0.05) is 31.3 Å². The Morgan fingerprint density at radius 3 is 2.73 bits per heavy atom. The van der Waals surface area contributed by atoms with E-state index >= 15 is 0 Å². The Morgan fingerprint density at radius 2 is 2.00 bits per heavy atom. The van der Waals surface area contributed by atoms with Crippen molar-refractivity contribution in [1.29, 1.82) is 0 Å². The summed E-state index contributed by atoms with van der Waals surface area (Å²) in [5, 5.41) is 0. The zero-order chi connectivity index (χ0) is 21.3. The van der Waals surface area contributed by atoms with Crippen molar-refractivity contribution in [2.45, 2.75) is 45.2 Å². The maximum absolute atomic E-state index is 13.3. The van der Waals surface area contributed by atoms with Crippen molar-refractivity contribution in [1.82, 2.24) is 14.9 Å². The smallest absolute Gasteiger partial charge is 0.249 e. The molecule has 8 heteroatoms. The van der Waals surface area contributed by atoms with E-state index in [1.807, 2.05) is 6.92 Å². The first-order chi connectivity index (χ1) is 14.5. The number of carbonyl (C=O) groups is 2. The third kappa shape index (κ3) is 3.92. The van der Waals surface area contributed by atoms with Gasteiger partial charge in [0.1, 0.15) is 18.2 Å². The SMILES string of the molecule is COCC(=O)N1CCC[C@@H]1c1nc(C)c2c(n1)N(Cc1ccc(F)cc1)C(=O)CC2. The highest BCUT2D eigenvalue weighted by Gasteiger charge is 2.35. The predicted molar refractivity (Wildman–Crippen MR) is 108 cm³/mol. The average Bonchev–Trinajstić information content (AvgIpc) is 3.22. The highest BCUT2D eigenvalue weighted by molar-refractivity contribution is 5.95. The Kier molecular flexibility index (Phi) is 5.76. The molecule has 1 saturated heterocycles. The minimum atomic E-state index is -0.313. The van der Waals surface area contributed by atoms with Gasteiger partial charge < -0.3 is 9.64 Å². The summed E-state index contributed by atoms with van der Waals surface area (Å²) in [6.07, 6.45) is 2.63. The van der Waals surface area contributed by atoms with Crippen LogP contribution in [0.4, 0.5) is 10.2 Å². The van der Waals surface area contributed by atoms with E-state index in [-0.39, 0.29) is 30.3 Å². The number of anilines is 1.